The first kappa shape index (κ1) is 16.3. The first-order valence-corrected chi connectivity index (χ1v) is 7.93. The number of benzene rings is 1. The Hall–Kier alpha value is -2.60. The van der Waals surface area contributed by atoms with Crippen molar-refractivity contribution in [3.05, 3.63) is 64.7 Å². The van der Waals surface area contributed by atoms with Crippen LogP contribution in [0.1, 0.15) is 34.6 Å². The van der Waals surface area contributed by atoms with Gasteiger partial charge in [-0.1, -0.05) is 11.6 Å². The van der Waals surface area contributed by atoms with E-state index in [1.54, 1.807) is 40.1 Å². The quantitative estimate of drug-likeness (QED) is 0.791. The summed E-state index contributed by atoms with van der Waals surface area (Å²) in [6.45, 7) is 3.91. The predicted molar refractivity (Wildman–Crippen MR) is 92.4 cm³/mol. The molecule has 0 unspecified atom stereocenters. The van der Waals surface area contributed by atoms with Gasteiger partial charge in [-0.3, -0.25) is 9.48 Å². The Morgan fingerprint density at radius 3 is 2.54 bits per heavy atom. The molecule has 1 amide bonds. The van der Waals surface area contributed by atoms with Gasteiger partial charge in [-0.2, -0.15) is 10.2 Å². The molecule has 2 aromatic heterocycles. The van der Waals surface area contributed by atoms with Gasteiger partial charge in [0.05, 0.1) is 29.7 Å². The number of hydrogen-bond acceptors (Lipinski definition) is 3. The van der Waals surface area contributed by atoms with Crippen molar-refractivity contribution < 1.29 is 4.79 Å². The van der Waals surface area contributed by atoms with E-state index < -0.39 is 0 Å². The average Bonchev–Trinajstić information content (AvgIpc) is 3.16. The van der Waals surface area contributed by atoms with Crippen LogP contribution in [0.2, 0.25) is 5.02 Å². The fourth-order valence-electron chi connectivity index (χ4n) is 2.47. The Bertz CT molecular complexity index is 865. The van der Waals surface area contributed by atoms with Crippen LogP contribution in [-0.2, 0) is 7.05 Å². The van der Waals surface area contributed by atoms with Gasteiger partial charge in [0.1, 0.15) is 0 Å². The molecule has 2 heterocycles. The summed E-state index contributed by atoms with van der Waals surface area (Å²) in [5.74, 6) is -0.175. The molecule has 0 radical (unpaired) electrons. The number of nitrogens with zero attached hydrogens (tertiary/aromatic N) is 4. The number of hydrogen-bond donors (Lipinski definition) is 1. The minimum Gasteiger partial charge on any atom is -0.345 e. The van der Waals surface area contributed by atoms with Crippen LogP contribution >= 0.6 is 11.6 Å². The molecule has 3 aromatic rings. The molecule has 0 aliphatic heterocycles. The van der Waals surface area contributed by atoms with Gasteiger partial charge in [0.2, 0.25) is 0 Å². The third kappa shape index (κ3) is 3.19. The van der Waals surface area contributed by atoms with Crippen molar-refractivity contribution in [1.82, 2.24) is 24.9 Å². The highest BCUT2D eigenvalue weighted by Crippen LogP contribution is 2.17. The Kier molecular flexibility index (Phi) is 4.40. The Labute approximate surface area is 145 Å². The molecule has 0 bridgehead atoms. The van der Waals surface area contributed by atoms with Gasteiger partial charge in [-0.25, -0.2) is 4.68 Å². The summed E-state index contributed by atoms with van der Waals surface area (Å²) in [7, 11) is 1.88. The third-order valence-electron chi connectivity index (χ3n) is 4.02. The van der Waals surface area contributed by atoms with Crippen LogP contribution in [0.5, 0.6) is 0 Å². The summed E-state index contributed by atoms with van der Waals surface area (Å²) in [5, 5.41) is 12.1. The maximum atomic E-state index is 12.4. The number of amides is 1. The first-order chi connectivity index (χ1) is 11.5. The van der Waals surface area contributed by atoms with E-state index >= 15 is 0 Å². The highest BCUT2D eigenvalue weighted by Gasteiger charge is 2.17. The number of aromatic nitrogens is 4. The lowest BCUT2D eigenvalue weighted by atomic mass is 10.1. The fourth-order valence-corrected chi connectivity index (χ4v) is 2.60. The molecule has 0 aliphatic rings. The molecule has 124 valence electrons. The monoisotopic (exact) mass is 343 g/mol. The minimum absolute atomic E-state index is 0.134. The lowest BCUT2D eigenvalue weighted by Gasteiger charge is -2.12. The molecular weight excluding hydrogens is 326 g/mol. The molecule has 7 heteroatoms. The Morgan fingerprint density at radius 1 is 1.21 bits per heavy atom. The van der Waals surface area contributed by atoms with Gasteiger partial charge < -0.3 is 5.32 Å². The molecule has 3 rings (SSSR count). The van der Waals surface area contributed by atoms with Crippen LogP contribution in [0.3, 0.4) is 0 Å². The van der Waals surface area contributed by atoms with E-state index in [-0.39, 0.29) is 11.9 Å². The summed E-state index contributed by atoms with van der Waals surface area (Å²) in [4.78, 5) is 12.4. The van der Waals surface area contributed by atoms with Gasteiger partial charge in [0.25, 0.3) is 5.91 Å². The summed E-state index contributed by atoms with van der Waals surface area (Å²) in [6, 6.07) is 7.12. The van der Waals surface area contributed by atoms with Crippen molar-refractivity contribution >= 4 is 17.5 Å². The molecule has 24 heavy (non-hydrogen) atoms. The van der Waals surface area contributed by atoms with E-state index in [9.17, 15) is 4.79 Å². The van der Waals surface area contributed by atoms with Gasteiger partial charge in [-0.15, -0.1) is 0 Å². The molecule has 1 atom stereocenters. The molecule has 0 aliphatic carbocycles. The van der Waals surface area contributed by atoms with E-state index in [0.717, 1.165) is 16.9 Å². The highest BCUT2D eigenvalue weighted by molar-refractivity contribution is 6.30. The summed E-state index contributed by atoms with van der Waals surface area (Å²) in [6.07, 6.45) is 5.02. The predicted octanol–water partition coefficient (Wildman–Crippen LogP) is 3.06. The zero-order valence-corrected chi connectivity index (χ0v) is 14.4. The van der Waals surface area contributed by atoms with Crippen LogP contribution < -0.4 is 5.32 Å². The lowest BCUT2D eigenvalue weighted by Crippen LogP contribution is -2.26. The molecule has 1 aromatic carbocycles. The number of carbonyl (C=O) groups excluding carboxylic acids is 1. The third-order valence-corrected chi connectivity index (χ3v) is 4.28. The number of carbonyl (C=O) groups is 1. The zero-order valence-electron chi connectivity index (χ0n) is 13.7. The smallest absolute Gasteiger partial charge is 0.254 e. The van der Waals surface area contributed by atoms with Crippen LogP contribution in [0.4, 0.5) is 0 Å². The summed E-state index contributed by atoms with van der Waals surface area (Å²) in [5.41, 5.74) is 3.36. The van der Waals surface area contributed by atoms with E-state index in [2.05, 4.69) is 15.5 Å². The van der Waals surface area contributed by atoms with Crippen molar-refractivity contribution in [1.29, 1.82) is 0 Å². The number of nitrogens with one attached hydrogen (secondary N) is 1. The van der Waals surface area contributed by atoms with Crippen molar-refractivity contribution in [2.75, 3.05) is 0 Å². The zero-order chi connectivity index (χ0) is 17.3. The minimum atomic E-state index is -0.175. The molecular formula is C17H18ClN5O. The van der Waals surface area contributed by atoms with Gasteiger partial charge in [0, 0.05) is 29.5 Å². The molecule has 1 N–H and O–H groups in total. The van der Waals surface area contributed by atoms with Crippen LogP contribution in [-0.4, -0.2) is 25.5 Å². The van der Waals surface area contributed by atoms with Crippen LogP contribution in [0.25, 0.3) is 5.69 Å². The van der Waals surface area contributed by atoms with Crippen molar-refractivity contribution in [3.63, 3.8) is 0 Å². The van der Waals surface area contributed by atoms with E-state index in [4.69, 9.17) is 11.6 Å². The second-order valence-electron chi connectivity index (χ2n) is 5.65. The number of rotatable bonds is 4. The Balaban J connectivity index is 1.74. The second-order valence-corrected chi connectivity index (χ2v) is 6.09. The maximum Gasteiger partial charge on any atom is 0.254 e. The molecule has 0 saturated carbocycles. The lowest BCUT2D eigenvalue weighted by molar-refractivity contribution is 0.0940. The van der Waals surface area contributed by atoms with Crippen molar-refractivity contribution in [3.8, 4) is 5.69 Å². The molecule has 6 nitrogen and oxygen atoms in total. The van der Waals surface area contributed by atoms with E-state index in [0.29, 0.717) is 10.6 Å². The van der Waals surface area contributed by atoms with Gasteiger partial charge in [-0.05, 0) is 38.1 Å². The highest BCUT2D eigenvalue weighted by atomic mass is 35.5. The maximum absolute atomic E-state index is 12.4. The molecule has 0 fully saturated rings. The fraction of sp³-hybridized carbons (Fsp3) is 0.235. The standard InChI is InChI=1S/C17H18ClN5O/c1-11(16-9-19-22(3)12(16)2)21-17(24)13-8-20-23(10-13)15-6-4-14(18)5-7-15/h4-11H,1-3H3,(H,21,24)/t11-/m0/s1. The van der Waals surface area contributed by atoms with Crippen LogP contribution in [0, 0.1) is 6.92 Å². The molecule has 0 spiro atoms. The van der Waals surface area contributed by atoms with Gasteiger partial charge >= 0.3 is 0 Å². The second kappa shape index (κ2) is 6.49. The summed E-state index contributed by atoms with van der Waals surface area (Å²) < 4.78 is 3.43. The Morgan fingerprint density at radius 2 is 1.92 bits per heavy atom. The first-order valence-electron chi connectivity index (χ1n) is 7.55. The van der Waals surface area contributed by atoms with Gasteiger partial charge in [0.15, 0.2) is 0 Å². The average molecular weight is 344 g/mol. The number of halogens is 1. The van der Waals surface area contributed by atoms with E-state index in [1.165, 1.54) is 0 Å². The number of aryl methyl sites for hydroxylation is 1. The molecule has 0 saturated heterocycles. The van der Waals surface area contributed by atoms with Crippen molar-refractivity contribution in [2.45, 2.75) is 19.9 Å². The topological polar surface area (TPSA) is 64.7 Å². The van der Waals surface area contributed by atoms with E-state index in [1.807, 2.05) is 33.0 Å². The largest absolute Gasteiger partial charge is 0.345 e. The normalized spacial score (nSPS) is 12.2. The SMILES string of the molecule is Cc1c([C@H](C)NC(=O)c2cnn(-c3ccc(Cl)cc3)c2)cnn1C. The summed E-state index contributed by atoms with van der Waals surface area (Å²) >= 11 is 5.88. The van der Waals surface area contributed by atoms with Crippen molar-refractivity contribution in [2.24, 2.45) is 7.05 Å². The van der Waals surface area contributed by atoms with Crippen LogP contribution in [0.15, 0.2) is 42.9 Å².